The predicted octanol–water partition coefficient (Wildman–Crippen LogP) is 4.37. The minimum absolute atomic E-state index is 0.0267. The molecule has 30 heavy (non-hydrogen) atoms. The number of sulfonamides is 1. The van der Waals surface area contributed by atoms with Gasteiger partial charge < -0.3 is 14.9 Å². The third kappa shape index (κ3) is 5.24. The Hall–Kier alpha value is -2.75. The fourth-order valence-corrected chi connectivity index (χ4v) is 4.17. The third-order valence-electron chi connectivity index (χ3n) is 4.17. The summed E-state index contributed by atoms with van der Waals surface area (Å²) in [7, 11) is -3.97. The van der Waals surface area contributed by atoms with Crippen LogP contribution in [0, 0.1) is 6.92 Å². The van der Waals surface area contributed by atoms with Crippen molar-refractivity contribution in [1.82, 2.24) is 5.16 Å². The van der Waals surface area contributed by atoms with E-state index in [0.29, 0.717) is 16.3 Å². The number of rotatable bonds is 7. The van der Waals surface area contributed by atoms with Crippen LogP contribution in [0.5, 0.6) is 5.75 Å². The molecule has 0 saturated carbocycles. The number of benzene rings is 2. The Morgan fingerprint density at radius 2 is 1.97 bits per heavy atom. The molecule has 11 heteroatoms. The van der Waals surface area contributed by atoms with E-state index in [9.17, 15) is 18.3 Å². The van der Waals surface area contributed by atoms with E-state index in [2.05, 4.69) is 15.2 Å². The fourth-order valence-electron chi connectivity index (χ4n) is 2.64. The predicted molar refractivity (Wildman–Crippen MR) is 114 cm³/mol. The number of carbonyl (C=O) groups excluding carboxylic acids is 1. The van der Waals surface area contributed by atoms with Crippen LogP contribution in [0.2, 0.25) is 10.2 Å². The molecule has 0 saturated heterocycles. The maximum Gasteiger partial charge on any atom is 0.261 e. The first-order valence-electron chi connectivity index (χ1n) is 8.67. The number of phenolic OH excluding ortho intramolecular Hbond substituents is 1. The molecular weight excluding hydrogens is 453 g/mol. The molecule has 0 atom stereocenters. The molecule has 0 radical (unpaired) electrons. The fraction of sp³-hybridized carbons (Fsp3) is 0.158. The zero-order valence-corrected chi connectivity index (χ0v) is 18.0. The number of hydrogen-bond acceptors (Lipinski definition) is 6. The average Bonchev–Trinajstić information content (AvgIpc) is 2.99. The number of halogens is 2. The second kappa shape index (κ2) is 8.95. The number of aryl methyl sites for hydroxylation is 1. The van der Waals surface area contributed by atoms with Gasteiger partial charge >= 0.3 is 0 Å². The summed E-state index contributed by atoms with van der Waals surface area (Å²) in [5, 5.41) is 16.7. The summed E-state index contributed by atoms with van der Waals surface area (Å²) in [5.74, 6) is -0.719. The minimum atomic E-state index is -3.97. The summed E-state index contributed by atoms with van der Waals surface area (Å²) in [6.45, 7) is 1.70. The van der Waals surface area contributed by atoms with E-state index in [-0.39, 0.29) is 40.1 Å². The molecule has 1 heterocycles. The SMILES string of the molecule is Cc1noc(Cl)c1CCC(=O)Nc1cc(S(=O)(=O)Nc2cccc(Cl)c2)ccc1O. The molecule has 1 amide bonds. The molecular formula is C19H17Cl2N3O5S. The number of nitrogens with one attached hydrogen (secondary N) is 2. The first-order valence-corrected chi connectivity index (χ1v) is 10.9. The molecule has 0 aliphatic heterocycles. The van der Waals surface area contributed by atoms with Crippen LogP contribution in [0.25, 0.3) is 0 Å². The summed E-state index contributed by atoms with van der Waals surface area (Å²) in [4.78, 5) is 12.1. The van der Waals surface area contributed by atoms with Gasteiger partial charge in [0.15, 0.2) is 0 Å². The molecule has 3 N–H and O–H groups in total. The zero-order valence-electron chi connectivity index (χ0n) is 15.6. The largest absolute Gasteiger partial charge is 0.506 e. The van der Waals surface area contributed by atoms with Gasteiger partial charge in [0, 0.05) is 17.0 Å². The molecule has 2 aromatic carbocycles. The minimum Gasteiger partial charge on any atom is -0.506 e. The van der Waals surface area contributed by atoms with Gasteiger partial charge in [-0.05, 0) is 61.3 Å². The molecule has 0 spiro atoms. The number of phenols is 1. The number of aromatic hydroxyl groups is 1. The maximum absolute atomic E-state index is 12.6. The van der Waals surface area contributed by atoms with Crippen molar-refractivity contribution < 1.29 is 22.8 Å². The lowest BCUT2D eigenvalue weighted by molar-refractivity contribution is -0.116. The van der Waals surface area contributed by atoms with E-state index >= 15 is 0 Å². The molecule has 0 aliphatic rings. The van der Waals surface area contributed by atoms with Crippen molar-refractivity contribution in [3.63, 3.8) is 0 Å². The molecule has 0 unspecified atom stereocenters. The van der Waals surface area contributed by atoms with Crippen molar-refractivity contribution in [2.24, 2.45) is 0 Å². The van der Waals surface area contributed by atoms with E-state index in [1.165, 1.54) is 18.2 Å². The van der Waals surface area contributed by atoms with Crippen LogP contribution in [0.1, 0.15) is 17.7 Å². The third-order valence-corrected chi connectivity index (χ3v) is 6.08. The van der Waals surface area contributed by atoms with Crippen molar-refractivity contribution in [2.75, 3.05) is 10.0 Å². The van der Waals surface area contributed by atoms with Gasteiger partial charge in [0.05, 0.1) is 22.0 Å². The zero-order chi connectivity index (χ0) is 21.9. The lowest BCUT2D eigenvalue weighted by Gasteiger charge is -2.12. The quantitative estimate of drug-likeness (QED) is 0.441. The number of amides is 1. The number of anilines is 2. The molecule has 1 aromatic heterocycles. The summed E-state index contributed by atoms with van der Waals surface area (Å²) in [6, 6.07) is 9.79. The maximum atomic E-state index is 12.6. The van der Waals surface area contributed by atoms with Gasteiger partial charge in [-0.15, -0.1) is 0 Å². The van der Waals surface area contributed by atoms with Gasteiger partial charge in [0.1, 0.15) is 5.75 Å². The van der Waals surface area contributed by atoms with Gasteiger partial charge in [-0.1, -0.05) is 22.8 Å². The molecule has 0 aliphatic carbocycles. The van der Waals surface area contributed by atoms with Gasteiger partial charge in [0.2, 0.25) is 11.1 Å². The molecule has 0 bridgehead atoms. The van der Waals surface area contributed by atoms with Crippen molar-refractivity contribution >= 4 is 50.5 Å². The van der Waals surface area contributed by atoms with Crippen LogP contribution in [0.3, 0.4) is 0 Å². The number of hydrogen-bond donors (Lipinski definition) is 3. The Morgan fingerprint density at radius 3 is 2.63 bits per heavy atom. The Labute approximate surface area is 182 Å². The van der Waals surface area contributed by atoms with Gasteiger partial charge in [0.25, 0.3) is 10.0 Å². The monoisotopic (exact) mass is 469 g/mol. The number of aromatic nitrogens is 1. The second-order valence-corrected chi connectivity index (χ2v) is 8.83. The standard InChI is InChI=1S/C19H17Cl2N3O5S/c1-11-15(19(21)29-23-11)6-8-18(26)22-16-10-14(5-7-17(16)25)30(27,28)24-13-4-2-3-12(20)9-13/h2-5,7,9-10,24-25H,6,8H2,1H3,(H,22,26). The van der Waals surface area contributed by atoms with Crippen LogP contribution in [-0.4, -0.2) is 24.6 Å². The van der Waals surface area contributed by atoms with Crippen LogP contribution in [-0.2, 0) is 21.2 Å². The lowest BCUT2D eigenvalue weighted by atomic mass is 10.1. The van der Waals surface area contributed by atoms with Crippen molar-refractivity contribution in [3.05, 3.63) is 64.0 Å². The lowest BCUT2D eigenvalue weighted by Crippen LogP contribution is -2.15. The van der Waals surface area contributed by atoms with Gasteiger partial charge in [-0.25, -0.2) is 8.42 Å². The topological polar surface area (TPSA) is 122 Å². The first-order chi connectivity index (χ1) is 14.2. The number of carbonyl (C=O) groups is 1. The first kappa shape index (κ1) is 21.9. The Kier molecular flexibility index (Phi) is 6.55. The average molecular weight is 470 g/mol. The second-order valence-electron chi connectivity index (χ2n) is 6.36. The molecule has 3 aromatic rings. The highest BCUT2D eigenvalue weighted by molar-refractivity contribution is 7.92. The van der Waals surface area contributed by atoms with E-state index in [4.69, 9.17) is 27.7 Å². The molecule has 158 valence electrons. The van der Waals surface area contributed by atoms with Crippen molar-refractivity contribution in [1.29, 1.82) is 0 Å². The molecule has 0 fully saturated rings. The summed E-state index contributed by atoms with van der Waals surface area (Å²) in [6.07, 6.45) is 0.300. The van der Waals surface area contributed by atoms with Gasteiger partial charge in [-0.3, -0.25) is 9.52 Å². The normalized spacial score (nSPS) is 11.3. The van der Waals surface area contributed by atoms with Crippen LogP contribution < -0.4 is 10.0 Å². The highest BCUT2D eigenvalue weighted by atomic mass is 35.5. The molecule has 3 rings (SSSR count). The Balaban J connectivity index is 1.73. The van der Waals surface area contributed by atoms with Crippen LogP contribution in [0.15, 0.2) is 51.9 Å². The van der Waals surface area contributed by atoms with Crippen molar-refractivity contribution in [3.8, 4) is 5.75 Å². The van der Waals surface area contributed by atoms with Crippen LogP contribution in [0.4, 0.5) is 11.4 Å². The van der Waals surface area contributed by atoms with E-state index < -0.39 is 15.9 Å². The summed E-state index contributed by atoms with van der Waals surface area (Å²) < 4.78 is 32.5. The van der Waals surface area contributed by atoms with E-state index in [0.717, 1.165) is 6.07 Å². The van der Waals surface area contributed by atoms with E-state index in [1.54, 1.807) is 25.1 Å². The number of nitrogens with zero attached hydrogens (tertiary/aromatic N) is 1. The molecule has 8 nitrogen and oxygen atoms in total. The highest BCUT2D eigenvalue weighted by Gasteiger charge is 2.18. The smallest absolute Gasteiger partial charge is 0.261 e. The van der Waals surface area contributed by atoms with E-state index in [1.807, 2.05) is 0 Å². The Morgan fingerprint density at radius 1 is 1.20 bits per heavy atom. The summed E-state index contributed by atoms with van der Waals surface area (Å²) >= 11 is 11.8. The van der Waals surface area contributed by atoms with Crippen LogP contribution >= 0.6 is 23.2 Å². The van der Waals surface area contributed by atoms with Gasteiger partial charge in [-0.2, -0.15) is 0 Å². The summed E-state index contributed by atoms with van der Waals surface area (Å²) in [5.41, 5.74) is 1.43. The highest BCUT2D eigenvalue weighted by Crippen LogP contribution is 2.28. The van der Waals surface area contributed by atoms with Crippen molar-refractivity contribution in [2.45, 2.75) is 24.7 Å². The Bertz CT molecular complexity index is 1180.